The van der Waals surface area contributed by atoms with Crippen molar-refractivity contribution in [2.45, 2.75) is 24.5 Å². The molecule has 4 rings (SSSR count). The van der Waals surface area contributed by atoms with Crippen LogP contribution in [0.15, 0.2) is 36.9 Å². The number of rotatable bonds is 3. The Morgan fingerprint density at radius 3 is 2.59 bits per heavy atom. The van der Waals surface area contributed by atoms with Crippen LogP contribution >= 0.6 is 0 Å². The van der Waals surface area contributed by atoms with Crippen molar-refractivity contribution < 1.29 is 4.74 Å². The molecular formula is C15H18N6O. The minimum atomic E-state index is -0.106. The van der Waals surface area contributed by atoms with Gasteiger partial charge in [0.15, 0.2) is 0 Å². The molecule has 2 aromatic heterocycles. The van der Waals surface area contributed by atoms with Gasteiger partial charge >= 0.3 is 0 Å². The third-order valence-corrected chi connectivity index (χ3v) is 4.26. The zero-order chi connectivity index (χ0) is 14.8. The quantitative estimate of drug-likeness (QED) is 0.909. The lowest BCUT2D eigenvalue weighted by molar-refractivity contribution is 0.0228. The van der Waals surface area contributed by atoms with Crippen molar-refractivity contribution in [3.8, 4) is 0 Å². The van der Waals surface area contributed by atoms with Crippen LogP contribution in [0.3, 0.4) is 0 Å². The standard InChI is InChI=1S/C15H18N6O/c1-4-16-13(17-5-1)20-12-9-15(22-10-12)3-8-21(11-15)14-18-6-2-7-19-14/h1-2,4-7,12H,3,8-11H2,(H,16,17,20)/t12-,15-/m1/s1. The summed E-state index contributed by atoms with van der Waals surface area (Å²) >= 11 is 0. The van der Waals surface area contributed by atoms with Gasteiger partial charge in [-0.15, -0.1) is 0 Å². The second-order valence-electron chi connectivity index (χ2n) is 5.83. The van der Waals surface area contributed by atoms with E-state index in [0.717, 1.165) is 31.9 Å². The molecule has 2 aliphatic rings. The van der Waals surface area contributed by atoms with Gasteiger partial charge in [0, 0.05) is 37.8 Å². The fourth-order valence-electron chi connectivity index (χ4n) is 3.25. The number of nitrogens with one attached hydrogen (secondary N) is 1. The highest BCUT2D eigenvalue weighted by Gasteiger charge is 2.46. The van der Waals surface area contributed by atoms with Gasteiger partial charge in [-0.1, -0.05) is 0 Å². The molecule has 7 nitrogen and oxygen atoms in total. The van der Waals surface area contributed by atoms with E-state index in [2.05, 4.69) is 30.2 Å². The summed E-state index contributed by atoms with van der Waals surface area (Å²) in [6.45, 7) is 2.45. The molecule has 0 aliphatic carbocycles. The molecule has 2 aromatic rings. The molecule has 114 valence electrons. The lowest BCUT2D eigenvalue weighted by Gasteiger charge is -2.23. The molecule has 0 unspecified atom stereocenters. The molecule has 2 atom stereocenters. The van der Waals surface area contributed by atoms with Crippen LogP contribution in [-0.2, 0) is 4.74 Å². The Balaban J connectivity index is 1.40. The van der Waals surface area contributed by atoms with E-state index in [1.807, 2.05) is 12.1 Å². The molecule has 22 heavy (non-hydrogen) atoms. The Labute approximate surface area is 128 Å². The third kappa shape index (κ3) is 2.59. The minimum absolute atomic E-state index is 0.106. The van der Waals surface area contributed by atoms with Crippen molar-refractivity contribution in [2.24, 2.45) is 0 Å². The first kappa shape index (κ1) is 13.4. The Bertz CT molecular complexity index is 624. The maximum atomic E-state index is 6.12. The van der Waals surface area contributed by atoms with E-state index in [1.165, 1.54) is 0 Å². The molecule has 2 aliphatic heterocycles. The Morgan fingerprint density at radius 1 is 1.09 bits per heavy atom. The van der Waals surface area contributed by atoms with Crippen molar-refractivity contribution in [3.05, 3.63) is 36.9 Å². The van der Waals surface area contributed by atoms with E-state index < -0.39 is 0 Å². The highest BCUT2D eigenvalue weighted by atomic mass is 16.5. The molecule has 0 aromatic carbocycles. The van der Waals surface area contributed by atoms with Crippen molar-refractivity contribution in [3.63, 3.8) is 0 Å². The average molecular weight is 298 g/mol. The molecule has 0 bridgehead atoms. The van der Waals surface area contributed by atoms with E-state index >= 15 is 0 Å². The Hall–Kier alpha value is -2.28. The Morgan fingerprint density at radius 2 is 1.82 bits per heavy atom. The first-order valence-electron chi connectivity index (χ1n) is 7.53. The van der Waals surface area contributed by atoms with Crippen LogP contribution in [0.1, 0.15) is 12.8 Å². The summed E-state index contributed by atoms with van der Waals surface area (Å²) in [4.78, 5) is 19.3. The molecule has 0 amide bonds. The molecule has 0 radical (unpaired) electrons. The smallest absolute Gasteiger partial charge is 0.225 e. The zero-order valence-corrected chi connectivity index (χ0v) is 12.2. The monoisotopic (exact) mass is 298 g/mol. The van der Waals surface area contributed by atoms with Gasteiger partial charge < -0.3 is 15.0 Å². The number of ether oxygens (including phenoxy) is 1. The van der Waals surface area contributed by atoms with Gasteiger partial charge in [-0.3, -0.25) is 0 Å². The van der Waals surface area contributed by atoms with Gasteiger partial charge in [0.2, 0.25) is 11.9 Å². The summed E-state index contributed by atoms with van der Waals surface area (Å²) in [6.07, 6.45) is 8.99. The maximum absolute atomic E-state index is 6.12. The summed E-state index contributed by atoms with van der Waals surface area (Å²) in [5.41, 5.74) is -0.106. The fourth-order valence-corrected chi connectivity index (χ4v) is 3.25. The van der Waals surface area contributed by atoms with Gasteiger partial charge in [-0.25, -0.2) is 19.9 Å². The van der Waals surface area contributed by atoms with Gasteiger partial charge in [0.05, 0.1) is 24.8 Å². The largest absolute Gasteiger partial charge is 0.371 e. The number of nitrogens with zero attached hydrogens (tertiary/aromatic N) is 5. The van der Waals surface area contributed by atoms with Crippen molar-refractivity contribution in [1.29, 1.82) is 0 Å². The maximum Gasteiger partial charge on any atom is 0.225 e. The molecular weight excluding hydrogens is 280 g/mol. The first-order valence-corrected chi connectivity index (χ1v) is 7.53. The van der Waals surface area contributed by atoms with Gasteiger partial charge in [-0.05, 0) is 18.6 Å². The van der Waals surface area contributed by atoms with Crippen molar-refractivity contribution in [2.75, 3.05) is 29.9 Å². The number of hydrogen-bond donors (Lipinski definition) is 1. The zero-order valence-electron chi connectivity index (χ0n) is 12.2. The Kier molecular flexibility index (Phi) is 3.34. The summed E-state index contributed by atoms with van der Waals surface area (Å²) in [6, 6.07) is 3.90. The average Bonchev–Trinajstić information content (AvgIpc) is 3.17. The number of anilines is 2. The third-order valence-electron chi connectivity index (χ3n) is 4.26. The van der Waals surface area contributed by atoms with E-state index in [1.54, 1.807) is 24.8 Å². The molecule has 2 saturated heterocycles. The summed E-state index contributed by atoms with van der Waals surface area (Å²) in [5, 5.41) is 3.35. The number of aromatic nitrogens is 4. The second-order valence-corrected chi connectivity index (χ2v) is 5.83. The van der Waals surface area contributed by atoms with Crippen LogP contribution in [-0.4, -0.2) is 51.3 Å². The van der Waals surface area contributed by atoms with E-state index in [9.17, 15) is 0 Å². The predicted molar refractivity (Wildman–Crippen MR) is 81.6 cm³/mol. The van der Waals surface area contributed by atoms with E-state index in [0.29, 0.717) is 12.6 Å². The molecule has 7 heteroatoms. The van der Waals surface area contributed by atoms with Crippen LogP contribution in [0.4, 0.5) is 11.9 Å². The predicted octanol–water partition coefficient (Wildman–Crippen LogP) is 1.12. The topological polar surface area (TPSA) is 76.1 Å². The molecule has 1 N–H and O–H groups in total. The number of hydrogen-bond acceptors (Lipinski definition) is 7. The molecule has 1 spiro atoms. The summed E-state index contributed by atoms with van der Waals surface area (Å²) in [5.74, 6) is 1.44. The minimum Gasteiger partial charge on any atom is -0.371 e. The first-order chi connectivity index (χ1) is 10.8. The van der Waals surface area contributed by atoms with Gasteiger partial charge in [0.1, 0.15) is 0 Å². The van der Waals surface area contributed by atoms with Crippen LogP contribution in [0, 0.1) is 0 Å². The normalized spacial score (nSPS) is 27.5. The van der Waals surface area contributed by atoms with E-state index in [4.69, 9.17) is 4.74 Å². The molecule has 2 fully saturated rings. The van der Waals surface area contributed by atoms with Crippen LogP contribution in [0.25, 0.3) is 0 Å². The lowest BCUT2D eigenvalue weighted by Crippen LogP contribution is -2.34. The van der Waals surface area contributed by atoms with Gasteiger partial charge in [0.25, 0.3) is 0 Å². The van der Waals surface area contributed by atoms with Crippen molar-refractivity contribution >= 4 is 11.9 Å². The van der Waals surface area contributed by atoms with Gasteiger partial charge in [-0.2, -0.15) is 0 Å². The highest BCUT2D eigenvalue weighted by Crippen LogP contribution is 2.36. The van der Waals surface area contributed by atoms with Crippen LogP contribution in [0.5, 0.6) is 0 Å². The molecule has 0 saturated carbocycles. The highest BCUT2D eigenvalue weighted by molar-refractivity contribution is 5.34. The van der Waals surface area contributed by atoms with Crippen LogP contribution < -0.4 is 10.2 Å². The SMILES string of the molecule is c1cnc(N[C@H]2CO[C@]3(CCN(c4ncccn4)C3)C2)nc1. The second kappa shape index (κ2) is 5.49. The van der Waals surface area contributed by atoms with E-state index in [-0.39, 0.29) is 11.6 Å². The fraction of sp³-hybridized carbons (Fsp3) is 0.467. The molecule has 4 heterocycles. The van der Waals surface area contributed by atoms with Crippen molar-refractivity contribution in [1.82, 2.24) is 19.9 Å². The summed E-state index contributed by atoms with van der Waals surface area (Å²) in [7, 11) is 0. The van der Waals surface area contributed by atoms with Crippen LogP contribution in [0.2, 0.25) is 0 Å². The summed E-state index contributed by atoms with van der Waals surface area (Å²) < 4.78 is 6.12. The lowest BCUT2D eigenvalue weighted by atomic mass is 9.97.